The summed E-state index contributed by atoms with van der Waals surface area (Å²) in [6.07, 6.45) is 3.89. The first-order valence-corrected chi connectivity index (χ1v) is 52.8. The minimum absolute atomic E-state index is 0.00182. The van der Waals surface area contributed by atoms with Gasteiger partial charge in [0.25, 0.3) is 16.0 Å². The molecule has 744 valence electrons. The van der Waals surface area contributed by atoms with Gasteiger partial charge in [0.15, 0.2) is 18.2 Å². The van der Waals surface area contributed by atoms with Crippen molar-refractivity contribution >= 4 is 151 Å². The molecule has 4 aromatic carbocycles. The number of aliphatic hydroxyl groups excluding tert-OH is 4. The molecule has 60 heteroatoms. The summed E-state index contributed by atoms with van der Waals surface area (Å²) in [5, 5.41) is 79.4. The smallest absolute Gasteiger partial charge is 0.490 e. The number of carboxylic acids is 1. The molecule has 2 amide bonds. The summed E-state index contributed by atoms with van der Waals surface area (Å²) in [5.41, 5.74) is 18.3. The summed E-state index contributed by atoms with van der Waals surface area (Å²) in [6.45, 7) is 8.78. The summed E-state index contributed by atoms with van der Waals surface area (Å²) in [4.78, 5) is 147. The van der Waals surface area contributed by atoms with Gasteiger partial charge >= 0.3 is 58.3 Å². The molecule has 0 bridgehead atoms. The Balaban J connectivity index is 0.000000266. The number of phosphoric acid groups is 6. The van der Waals surface area contributed by atoms with Gasteiger partial charge in [-0.15, -0.1) is 0 Å². The number of thioether (sulfide) groups is 1. The standard InChI is InChI=1S/C41H53N6O21P3S3.C36H41N6O18P3/c1-5-45-30(24(2)28-19-26(73-66-65-52)12-14-31(28)45)10-6-11-34-41(3,4)29-20-27(74(60,61)62)13-15-32(29)46(34)17-8-18-72-23-35(48)43-16-7-9-25-21-47(40(51)44-38(25)42)39-37(50)36(49)33(64-39)22-63-70(56,57)68-71(58,59)67-69(53,54)55;1-17-11-24-27(14-25(17)39-3)57-26-13-20(38-2)7-9-22(26)29(24)21-8-6-18(12-23(21)35(46)47)33(45)40-10-4-5-19-15-42(36(48)41-32(19)37)34-31(44)30(43)28(58-34)16-56-62(52,53)60-63(54,55)59-61(49,50)51/h6-7,9-15,19-21,24,33,36-37,39,49-50H,5,8,16-18,22-23H2,1-4H3,(H8-,42,43,44,48,51,52,53,54,55,56,57,58,59,60,61,62);4-9,11-15,25,28,30-31,34,38-39,43-44H,10,16H2,1-3H3,(H,40,45)(H,46,47)(H,52,53)(H,54,55)(H2,37,41,48)(H2,49,50,51). The van der Waals surface area contributed by atoms with Crippen LogP contribution in [0.5, 0.6) is 5.75 Å². The number of rotatable bonds is 40. The molecule has 0 radical (unpaired) electrons. The van der Waals surface area contributed by atoms with E-state index >= 15 is 0 Å². The summed E-state index contributed by atoms with van der Waals surface area (Å²) < 4.78 is 152. The lowest BCUT2D eigenvalue weighted by molar-refractivity contribution is -0.777. The number of nitrogen functional groups attached to an aromatic ring is 2. The van der Waals surface area contributed by atoms with Gasteiger partial charge in [-0.05, 0) is 117 Å². The van der Waals surface area contributed by atoms with E-state index in [2.05, 4.69) is 78.0 Å². The van der Waals surface area contributed by atoms with Crippen molar-refractivity contribution in [1.82, 2.24) is 29.7 Å². The fourth-order valence-electron chi connectivity index (χ4n) is 15.2. The molecule has 137 heavy (non-hydrogen) atoms. The van der Waals surface area contributed by atoms with Crippen LogP contribution < -0.4 is 64.1 Å². The largest absolute Gasteiger partial charge is 0.691 e. The lowest BCUT2D eigenvalue weighted by Crippen LogP contribution is -2.86. The van der Waals surface area contributed by atoms with E-state index in [4.69, 9.17) is 45.3 Å². The number of nitrogens with two attached hydrogens (primary N) is 3. The number of carbonyl (C=O) groups is 3. The number of nitrogens with one attached hydrogen (secondary N) is 3. The third kappa shape index (κ3) is 27.0. The normalized spacial score (nSPS) is 22.9. The second-order valence-corrected chi connectivity index (χ2v) is 43.1. The number of quaternary nitrogens is 1. The highest BCUT2D eigenvalue weighted by atomic mass is 32.2. The highest BCUT2D eigenvalue weighted by molar-refractivity contribution is 7.99. The van der Waals surface area contributed by atoms with Crippen LogP contribution in [0.4, 0.5) is 28.7 Å². The number of benzene rings is 4. The summed E-state index contributed by atoms with van der Waals surface area (Å²) in [5.74, 6) is -1.38. The van der Waals surface area contributed by atoms with Crippen LogP contribution in [0.2, 0.25) is 0 Å². The van der Waals surface area contributed by atoms with E-state index in [1.54, 1.807) is 19.2 Å². The summed E-state index contributed by atoms with van der Waals surface area (Å²) in [7, 11) is -35.1. The molecule has 2 fully saturated rings. The second-order valence-electron chi connectivity index (χ2n) is 31.0. The zero-order chi connectivity index (χ0) is 101. The number of hydrogen-bond donors (Lipinski definition) is 19. The molecule has 7 heterocycles. The Morgan fingerprint density at radius 2 is 1.31 bits per heavy atom. The van der Waals surface area contributed by atoms with Gasteiger partial charge in [-0.3, -0.25) is 37.4 Å². The number of anilines is 4. The molecule has 6 aromatic rings. The topological polar surface area (TPSA) is 779 Å². The Bertz CT molecular complexity index is 6500. The maximum atomic E-state index is 13.3. The van der Waals surface area contributed by atoms with Crippen molar-refractivity contribution in [3.63, 3.8) is 0 Å². The van der Waals surface area contributed by atoms with E-state index in [1.165, 1.54) is 66.4 Å². The van der Waals surface area contributed by atoms with Crippen molar-refractivity contribution in [3.05, 3.63) is 216 Å². The molecular weight excluding hydrogens is 2000 g/mol. The molecule has 6 aliphatic rings. The number of amides is 2. The van der Waals surface area contributed by atoms with E-state index in [1.807, 2.05) is 101 Å². The van der Waals surface area contributed by atoms with Crippen molar-refractivity contribution in [3.8, 4) is 5.75 Å². The highest BCUT2D eigenvalue weighted by Crippen LogP contribution is 2.68. The number of aromatic carboxylic acids is 1. The molecule has 0 saturated carbocycles. The van der Waals surface area contributed by atoms with Crippen LogP contribution in [0.25, 0.3) is 17.7 Å². The van der Waals surface area contributed by atoms with Gasteiger partial charge in [0.05, 0.1) is 54.3 Å². The van der Waals surface area contributed by atoms with Crippen LogP contribution in [-0.4, -0.2) is 227 Å². The number of ether oxygens (including phenoxy) is 3. The molecule has 14 atom stereocenters. The monoisotopic (exact) mass is 2090 g/mol. The first kappa shape index (κ1) is 108. The number of fused-ring (bicyclic) bond motifs is 4. The Kier molecular flexibility index (Phi) is 35.1. The van der Waals surface area contributed by atoms with Gasteiger partial charge in [-0.1, -0.05) is 43.4 Å². The van der Waals surface area contributed by atoms with Gasteiger partial charge in [0, 0.05) is 142 Å². The first-order chi connectivity index (χ1) is 64.1. The van der Waals surface area contributed by atoms with E-state index in [0.717, 1.165) is 68.6 Å². The van der Waals surface area contributed by atoms with Crippen LogP contribution in [-0.2, 0) is 92.9 Å². The number of likely N-dealkylation sites (N-methyl/N-ethyl adjacent to an activating group) is 2. The molecule has 22 N–H and O–H groups in total. The Hall–Kier alpha value is -9.07. The third-order valence-electron chi connectivity index (χ3n) is 21.5. The molecule has 12 rings (SSSR count). The van der Waals surface area contributed by atoms with Crippen molar-refractivity contribution in [2.24, 2.45) is 0 Å². The SMILES string of the molecule is CCN1C(=CC=CC2=[N+](CCCSCC(=O)NCC=Cc3cn(C4OC(COP(=O)(O)OP(=O)(O)OP(=O)(O)O)C(O)C4O)c(=O)nc3N)c3ccc(S(=O)(=O)O)cc3C2(C)C)C(C)c2cc(SOO[O-])ccc21.CNc1ccc2c(c1)OC1=CC([NH2+]C)C(C)=CC1=C2c1ccc(C(=O)NCC=Cc2cn(C3OC(COP(=O)(O)OP(=O)(O)OP(=O)(O)O)C(O)C3O)c(=O)nc2N)cc1C(=O)[O-]. The van der Waals surface area contributed by atoms with Crippen molar-refractivity contribution in [2.75, 3.05) is 86.7 Å². The maximum absolute atomic E-state index is 13.3. The minimum atomic E-state index is -5.85. The molecule has 5 aliphatic heterocycles. The second kappa shape index (κ2) is 44.4. The van der Waals surface area contributed by atoms with Crippen LogP contribution in [0.3, 0.4) is 0 Å². The quantitative estimate of drug-likeness (QED) is 0.00497. The average molecular weight is 2090 g/mol. The molecule has 14 unspecified atom stereocenters. The average Bonchev–Trinajstić information content (AvgIpc) is 1.65. The van der Waals surface area contributed by atoms with Crippen LogP contribution in [0, 0.1) is 0 Å². The number of nitrogens with zero attached hydrogens (tertiary/aromatic N) is 6. The highest BCUT2D eigenvalue weighted by Gasteiger charge is 2.51. The van der Waals surface area contributed by atoms with Gasteiger partial charge in [-0.25, -0.2) is 37.0 Å². The predicted molar refractivity (Wildman–Crippen MR) is 482 cm³/mol. The van der Waals surface area contributed by atoms with Crippen LogP contribution in [0.1, 0.15) is 114 Å². The predicted octanol–water partition coefficient (Wildman–Crippen LogP) is 1.91. The maximum Gasteiger partial charge on any atom is 0.490 e. The van der Waals surface area contributed by atoms with Gasteiger partial charge in [0.1, 0.15) is 72.4 Å². The van der Waals surface area contributed by atoms with Gasteiger partial charge in [-0.2, -0.15) is 56.3 Å². The van der Waals surface area contributed by atoms with Crippen molar-refractivity contribution in [1.29, 1.82) is 0 Å². The molecule has 1 aliphatic carbocycles. The van der Waals surface area contributed by atoms with Gasteiger partial charge in [0.2, 0.25) is 11.6 Å². The number of carbonyl (C=O) groups excluding carboxylic acids is 3. The summed E-state index contributed by atoms with van der Waals surface area (Å²) >= 11 is 2.19. The Labute approximate surface area is 786 Å². The summed E-state index contributed by atoms with van der Waals surface area (Å²) in [6, 6.07) is 19.9. The zero-order valence-electron chi connectivity index (χ0n) is 72.7. The van der Waals surface area contributed by atoms with Crippen LogP contribution in [0.15, 0.2) is 170 Å². The molecule has 2 aromatic heterocycles. The third-order valence-corrected chi connectivity index (χ3v) is 31.6. The van der Waals surface area contributed by atoms with E-state index in [9.17, 15) is 115 Å². The number of phosphoric ester groups is 2. The fourth-order valence-corrected chi connectivity index (χ4v) is 23.0. The van der Waals surface area contributed by atoms with Gasteiger partial charge < -0.3 is 127 Å². The number of aliphatic hydroxyl groups is 4. The van der Waals surface area contributed by atoms with E-state index in [0.29, 0.717) is 74.1 Å². The minimum Gasteiger partial charge on any atom is -0.691 e. The molecular formula is C77H94N12O39P6S3. The van der Waals surface area contributed by atoms with Crippen molar-refractivity contribution in [2.45, 2.75) is 117 Å². The zero-order valence-corrected chi connectivity index (χ0v) is 80.5. The Morgan fingerprint density at radius 1 is 0.737 bits per heavy atom. The number of hydrogen-bond acceptors (Lipinski definition) is 38. The first-order valence-electron chi connectivity index (χ1n) is 40.4. The number of allylic oxidation sites excluding steroid dienone is 5. The van der Waals surface area contributed by atoms with E-state index < -0.39 is 148 Å². The lowest BCUT2D eigenvalue weighted by atomic mass is 9.81. The lowest BCUT2D eigenvalue weighted by Gasteiger charge is -2.30. The van der Waals surface area contributed by atoms with Crippen molar-refractivity contribution < 1.29 is 184 Å². The van der Waals surface area contributed by atoms with Crippen LogP contribution >= 0.6 is 70.7 Å². The Morgan fingerprint density at radius 3 is 1.84 bits per heavy atom. The number of aromatic nitrogens is 4. The number of carboxylic acid groups (broad SMARTS) is 1. The molecule has 2 saturated heterocycles. The van der Waals surface area contributed by atoms with E-state index in [-0.39, 0.29) is 75.5 Å². The molecule has 51 nitrogen and oxygen atoms in total. The fraction of sp³-hybridized carbons (Fsp3) is 0.351. The molecule has 0 spiro atoms.